The molecule has 4 rings (SSSR count). The average Bonchev–Trinajstić information content (AvgIpc) is 3.37. The number of nitrogen functional groups attached to an aromatic ring is 1. The Hall–Kier alpha value is -2.57. The fourth-order valence-electron chi connectivity index (χ4n) is 4.50. The molecule has 1 amide bonds. The van der Waals surface area contributed by atoms with E-state index in [1.165, 1.54) is 25.7 Å². The number of nitrogens with two attached hydrogens (primary N) is 1. The molecule has 2 aliphatic rings. The van der Waals surface area contributed by atoms with Crippen LogP contribution in [0.5, 0.6) is 5.75 Å². The van der Waals surface area contributed by atoms with E-state index in [2.05, 4.69) is 22.4 Å². The zero-order valence-corrected chi connectivity index (χ0v) is 14.9. The molecule has 2 fully saturated rings. The van der Waals surface area contributed by atoms with Gasteiger partial charge in [-0.25, -0.2) is 0 Å². The molecule has 1 heterocycles. The van der Waals surface area contributed by atoms with E-state index in [0.717, 1.165) is 17.4 Å². The van der Waals surface area contributed by atoms with E-state index in [-0.39, 0.29) is 24.6 Å². The first-order valence-electron chi connectivity index (χ1n) is 9.20. The number of hydrogen-bond donors (Lipinski definition) is 2. The zero-order valence-electron chi connectivity index (χ0n) is 14.9. The van der Waals surface area contributed by atoms with E-state index in [1.807, 2.05) is 0 Å². The molecule has 0 aliphatic heterocycles. The van der Waals surface area contributed by atoms with Crippen LogP contribution in [-0.4, -0.2) is 28.8 Å². The van der Waals surface area contributed by atoms with Gasteiger partial charge in [0.15, 0.2) is 6.61 Å². The van der Waals surface area contributed by atoms with Crippen molar-refractivity contribution in [2.75, 3.05) is 12.3 Å². The molecule has 26 heavy (non-hydrogen) atoms. The van der Waals surface area contributed by atoms with Crippen molar-refractivity contribution >= 4 is 11.9 Å². The Morgan fingerprint density at radius 1 is 1.31 bits per heavy atom. The van der Waals surface area contributed by atoms with Gasteiger partial charge in [-0.15, -0.1) is 5.10 Å². The summed E-state index contributed by atoms with van der Waals surface area (Å²) >= 11 is 0. The number of aromatic nitrogens is 2. The number of hydrogen-bond acceptors (Lipinski definition) is 6. The van der Waals surface area contributed by atoms with Crippen LogP contribution in [0.25, 0.3) is 11.5 Å². The van der Waals surface area contributed by atoms with Gasteiger partial charge in [-0.2, -0.15) is 0 Å². The van der Waals surface area contributed by atoms with Gasteiger partial charge in [0, 0.05) is 11.6 Å². The van der Waals surface area contributed by atoms with Crippen LogP contribution in [0.4, 0.5) is 6.01 Å². The Morgan fingerprint density at radius 3 is 2.73 bits per heavy atom. The highest BCUT2D eigenvalue weighted by Gasteiger charge is 2.42. The van der Waals surface area contributed by atoms with Gasteiger partial charge in [-0.1, -0.05) is 11.5 Å². The Kier molecular flexibility index (Phi) is 4.53. The number of nitrogens with one attached hydrogen (secondary N) is 1. The molecule has 2 saturated carbocycles. The number of carbonyl (C=O) groups excluding carboxylic acids is 1. The van der Waals surface area contributed by atoms with Crippen molar-refractivity contribution in [2.24, 2.45) is 17.8 Å². The lowest BCUT2D eigenvalue weighted by Gasteiger charge is -2.28. The van der Waals surface area contributed by atoms with Crippen LogP contribution < -0.4 is 15.8 Å². The lowest BCUT2D eigenvalue weighted by Crippen LogP contribution is -2.42. The lowest BCUT2D eigenvalue weighted by molar-refractivity contribution is -0.124. The SMILES string of the molecule is CC(NC(=O)COc1ccc(-c2nnc(N)o2)cc1)C1CC2CCC1C2. The lowest BCUT2D eigenvalue weighted by atomic mass is 9.84. The van der Waals surface area contributed by atoms with Crippen LogP contribution in [0.15, 0.2) is 28.7 Å². The second-order valence-corrected chi connectivity index (χ2v) is 7.45. The summed E-state index contributed by atoms with van der Waals surface area (Å²) in [5, 5.41) is 10.6. The summed E-state index contributed by atoms with van der Waals surface area (Å²) in [6, 6.07) is 7.36. The van der Waals surface area contributed by atoms with Crippen molar-refractivity contribution in [3.8, 4) is 17.2 Å². The van der Waals surface area contributed by atoms with E-state index in [0.29, 0.717) is 17.6 Å². The molecule has 7 heteroatoms. The van der Waals surface area contributed by atoms with Gasteiger partial charge in [-0.05, 0) is 68.2 Å². The van der Waals surface area contributed by atoms with Crippen LogP contribution >= 0.6 is 0 Å². The van der Waals surface area contributed by atoms with Crippen molar-refractivity contribution in [1.29, 1.82) is 0 Å². The minimum Gasteiger partial charge on any atom is -0.484 e. The molecule has 2 bridgehead atoms. The standard InChI is InChI=1S/C19H24N4O3/c1-11(16-9-12-2-3-14(16)8-12)21-17(24)10-25-15-6-4-13(5-7-15)18-22-23-19(20)26-18/h4-7,11-12,14,16H,2-3,8-10H2,1H3,(H2,20,23)(H,21,24). The molecule has 4 unspecified atom stereocenters. The van der Waals surface area contributed by atoms with E-state index in [4.69, 9.17) is 14.9 Å². The summed E-state index contributed by atoms with van der Waals surface area (Å²) in [6.07, 6.45) is 5.30. The monoisotopic (exact) mass is 356 g/mol. The van der Waals surface area contributed by atoms with E-state index in [1.54, 1.807) is 24.3 Å². The highest BCUT2D eigenvalue weighted by atomic mass is 16.5. The fraction of sp³-hybridized carbons (Fsp3) is 0.526. The first-order chi connectivity index (χ1) is 12.6. The van der Waals surface area contributed by atoms with E-state index >= 15 is 0 Å². The van der Waals surface area contributed by atoms with Crippen molar-refractivity contribution in [1.82, 2.24) is 15.5 Å². The van der Waals surface area contributed by atoms with Crippen molar-refractivity contribution in [2.45, 2.75) is 38.6 Å². The van der Waals surface area contributed by atoms with Crippen LogP contribution in [0.2, 0.25) is 0 Å². The summed E-state index contributed by atoms with van der Waals surface area (Å²) in [4.78, 5) is 12.2. The number of fused-ring (bicyclic) bond motifs is 2. The highest BCUT2D eigenvalue weighted by molar-refractivity contribution is 5.77. The second kappa shape index (κ2) is 6.97. The molecule has 0 spiro atoms. The van der Waals surface area contributed by atoms with E-state index in [9.17, 15) is 4.79 Å². The van der Waals surface area contributed by atoms with Crippen molar-refractivity contribution in [3.63, 3.8) is 0 Å². The molecule has 3 N–H and O–H groups in total. The summed E-state index contributed by atoms with van der Waals surface area (Å²) in [5.74, 6) is 3.19. The number of rotatable bonds is 6. The average molecular weight is 356 g/mol. The Morgan fingerprint density at radius 2 is 2.12 bits per heavy atom. The number of amides is 1. The summed E-state index contributed by atoms with van der Waals surface area (Å²) in [6.45, 7) is 2.13. The van der Waals surface area contributed by atoms with Crippen molar-refractivity contribution in [3.05, 3.63) is 24.3 Å². The molecule has 1 aromatic carbocycles. The molecule has 2 aromatic rings. The first-order valence-corrected chi connectivity index (χ1v) is 9.20. The summed E-state index contributed by atoms with van der Waals surface area (Å²) in [7, 11) is 0. The molecule has 0 radical (unpaired) electrons. The predicted octanol–water partition coefficient (Wildman–Crippen LogP) is 2.64. The fourth-order valence-corrected chi connectivity index (χ4v) is 4.50. The van der Waals surface area contributed by atoms with Crippen molar-refractivity contribution < 1.29 is 13.9 Å². The third kappa shape index (κ3) is 3.52. The topological polar surface area (TPSA) is 103 Å². The van der Waals surface area contributed by atoms with Gasteiger partial charge < -0.3 is 20.2 Å². The number of anilines is 1. The number of nitrogens with zero attached hydrogens (tertiary/aromatic N) is 2. The van der Waals surface area contributed by atoms with Gasteiger partial charge in [0.2, 0.25) is 5.89 Å². The number of benzene rings is 1. The van der Waals surface area contributed by atoms with Gasteiger partial charge in [0.1, 0.15) is 5.75 Å². The molecule has 1 aromatic heterocycles. The van der Waals surface area contributed by atoms with Crippen LogP contribution in [0.3, 0.4) is 0 Å². The molecule has 138 valence electrons. The predicted molar refractivity (Wildman–Crippen MR) is 96.2 cm³/mol. The number of ether oxygens (including phenoxy) is 1. The molecule has 4 atom stereocenters. The zero-order chi connectivity index (χ0) is 18.1. The Balaban J connectivity index is 1.26. The smallest absolute Gasteiger partial charge is 0.313 e. The molecule has 2 aliphatic carbocycles. The maximum Gasteiger partial charge on any atom is 0.313 e. The molecular formula is C19H24N4O3. The molecule has 7 nitrogen and oxygen atoms in total. The number of carbonyl (C=O) groups is 1. The third-order valence-corrected chi connectivity index (χ3v) is 5.74. The molecule has 0 saturated heterocycles. The first kappa shape index (κ1) is 16.9. The quantitative estimate of drug-likeness (QED) is 0.825. The minimum absolute atomic E-state index is 0.0119. The van der Waals surface area contributed by atoms with Gasteiger partial charge in [-0.3, -0.25) is 4.79 Å². The van der Waals surface area contributed by atoms with Crippen LogP contribution in [0.1, 0.15) is 32.6 Å². The largest absolute Gasteiger partial charge is 0.484 e. The normalized spacial score (nSPS) is 25.2. The second-order valence-electron chi connectivity index (χ2n) is 7.45. The molecular weight excluding hydrogens is 332 g/mol. The van der Waals surface area contributed by atoms with Crippen LogP contribution in [0, 0.1) is 17.8 Å². The maximum absolute atomic E-state index is 12.2. The van der Waals surface area contributed by atoms with Gasteiger partial charge >= 0.3 is 6.01 Å². The van der Waals surface area contributed by atoms with Gasteiger partial charge in [0.25, 0.3) is 5.91 Å². The Bertz CT molecular complexity index is 773. The summed E-state index contributed by atoms with van der Waals surface area (Å²) in [5.41, 5.74) is 6.17. The van der Waals surface area contributed by atoms with Crippen LogP contribution in [-0.2, 0) is 4.79 Å². The summed E-state index contributed by atoms with van der Waals surface area (Å²) < 4.78 is 10.8. The third-order valence-electron chi connectivity index (χ3n) is 5.74. The maximum atomic E-state index is 12.2. The highest BCUT2D eigenvalue weighted by Crippen LogP contribution is 2.49. The minimum atomic E-state index is -0.0750. The van der Waals surface area contributed by atoms with E-state index < -0.39 is 0 Å². The Labute approximate surface area is 152 Å². The van der Waals surface area contributed by atoms with Gasteiger partial charge in [0.05, 0.1) is 0 Å².